The van der Waals surface area contributed by atoms with Gasteiger partial charge in [-0.2, -0.15) is 0 Å². The molecule has 0 aliphatic carbocycles. The highest BCUT2D eigenvalue weighted by Gasteiger charge is 2.10. The molecule has 1 amide bonds. The van der Waals surface area contributed by atoms with E-state index in [1.807, 2.05) is 31.2 Å². The molecule has 0 spiro atoms. The first kappa shape index (κ1) is 17.4. The highest BCUT2D eigenvalue weighted by Crippen LogP contribution is 2.18. The monoisotopic (exact) mass is 345 g/mol. The number of nitrogens with zero attached hydrogens (tertiary/aromatic N) is 1. The maximum Gasteiger partial charge on any atom is 0.274 e. The maximum atomic E-state index is 12.5. The SMILES string of the molecule is CC(=O)c1cccc(NC(=O)c2cc(Nc3ccc(C)cc3)ccn2)c1. The Morgan fingerprint density at radius 1 is 0.885 bits per heavy atom. The van der Waals surface area contributed by atoms with Crippen LogP contribution in [0.15, 0.2) is 66.9 Å². The Hall–Kier alpha value is -3.47. The number of anilines is 3. The molecule has 3 aromatic rings. The maximum absolute atomic E-state index is 12.5. The van der Waals surface area contributed by atoms with Gasteiger partial charge in [0.1, 0.15) is 5.69 Å². The van der Waals surface area contributed by atoms with Crippen molar-refractivity contribution < 1.29 is 9.59 Å². The van der Waals surface area contributed by atoms with Gasteiger partial charge in [-0.15, -0.1) is 0 Å². The van der Waals surface area contributed by atoms with Gasteiger partial charge in [-0.05, 0) is 50.2 Å². The van der Waals surface area contributed by atoms with Crippen LogP contribution >= 0.6 is 0 Å². The van der Waals surface area contributed by atoms with Crippen molar-refractivity contribution in [3.63, 3.8) is 0 Å². The largest absolute Gasteiger partial charge is 0.355 e. The third-order valence-electron chi connectivity index (χ3n) is 3.86. The lowest BCUT2D eigenvalue weighted by molar-refractivity contribution is 0.100. The van der Waals surface area contributed by atoms with Crippen molar-refractivity contribution in [2.75, 3.05) is 10.6 Å². The molecule has 2 aromatic carbocycles. The van der Waals surface area contributed by atoms with Gasteiger partial charge in [-0.1, -0.05) is 29.8 Å². The van der Waals surface area contributed by atoms with Crippen molar-refractivity contribution in [2.24, 2.45) is 0 Å². The number of carbonyl (C=O) groups is 2. The Balaban J connectivity index is 1.74. The molecule has 2 N–H and O–H groups in total. The predicted molar refractivity (Wildman–Crippen MR) is 103 cm³/mol. The number of ketones is 1. The van der Waals surface area contributed by atoms with Gasteiger partial charge in [-0.25, -0.2) is 0 Å². The summed E-state index contributed by atoms with van der Waals surface area (Å²) in [4.78, 5) is 28.0. The molecule has 0 bridgehead atoms. The van der Waals surface area contributed by atoms with E-state index >= 15 is 0 Å². The van der Waals surface area contributed by atoms with Crippen molar-refractivity contribution in [1.82, 2.24) is 4.98 Å². The van der Waals surface area contributed by atoms with Gasteiger partial charge >= 0.3 is 0 Å². The van der Waals surface area contributed by atoms with Crippen LogP contribution in [0.3, 0.4) is 0 Å². The summed E-state index contributed by atoms with van der Waals surface area (Å²) in [5, 5.41) is 6.02. The van der Waals surface area contributed by atoms with Gasteiger partial charge in [0.25, 0.3) is 5.91 Å². The molecule has 1 aromatic heterocycles. The molecular formula is C21H19N3O2. The molecular weight excluding hydrogens is 326 g/mol. The first-order valence-corrected chi connectivity index (χ1v) is 8.23. The number of benzene rings is 2. The van der Waals surface area contributed by atoms with Crippen LogP contribution in [0.4, 0.5) is 17.1 Å². The predicted octanol–water partition coefficient (Wildman–Crippen LogP) is 4.59. The normalized spacial score (nSPS) is 10.2. The topological polar surface area (TPSA) is 71.1 Å². The Bertz CT molecular complexity index is 949. The molecule has 3 rings (SSSR count). The zero-order chi connectivity index (χ0) is 18.5. The highest BCUT2D eigenvalue weighted by molar-refractivity contribution is 6.04. The minimum Gasteiger partial charge on any atom is -0.355 e. The lowest BCUT2D eigenvalue weighted by Crippen LogP contribution is -2.14. The molecule has 0 saturated heterocycles. The zero-order valence-electron chi connectivity index (χ0n) is 14.6. The van der Waals surface area contributed by atoms with E-state index in [-0.39, 0.29) is 17.4 Å². The van der Waals surface area contributed by atoms with Gasteiger partial charge in [0.2, 0.25) is 0 Å². The molecule has 130 valence electrons. The molecule has 0 saturated carbocycles. The molecule has 5 nitrogen and oxygen atoms in total. The van der Waals surface area contributed by atoms with Gasteiger partial charge in [-0.3, -0.25) is 14.6 Å². The fraction of sp³-hybridized carbons (Fsp3) is 0.0952. The average Bonchev–Trinajstić information content (AvgIpc) is 2.64. The molecule has 5 heteroatoms. The standard InChI is InChI=1S/C21H19N3O2/c1-14-6-8-17(9-7-14)23-19-10-11-22-20(13-19)21(26)24-18-5-3-4-16(12-18)15(2)25/h3-13H,1-2H3,(H,22,23)(H,24,26). The number of aromatic nitrogens is 1. The van der Waals surface area contributed by atoms with Crippen LogP contribution in [0, 0.1) is 6.92 Å². The molecule has 0 aliphatic rings. The summed E-state index contributed by atoms with van der Waals surface area (Å²) in [6.07, 6.45) is 1.58. The number of rotatable bonds is 5. The minimum atomic E-state index is -0.335. The van der Waals surface area contributed by atoms with Crippen molar-refractivity contribution in [1.29, 1.82) is 0 Å². The number of pyridine rings is 1. The number of hydrogen-bond donors (Lipinski definition) is 2. The number of aryl methyl sites for hydroxylation is 1. The summed E-state index contributed by atoms with van der Waals surface area (Å²) < 4.78 is 0. The second kappa shape index (κ2) is 7.61. The summed E-state index contributed by atoms with van der Waals surface area (Å²) in [7, 11) is 0. The Morgan fingerprint density at radius 2 is 1.65 bits per heavy atom. The van der Waals surface area contributed by atoms with E-state index in [2.05, 4.69) is 15.6 Å². The summed E-state index contributed by atoms with van der Waals surface area (Å²) in [6, 6.07) is 18.3. The molecule has 1 heterocycles. The summed E-state index contributed by atoms with van der Waals surface area (Å²) in [5.74, 6) is -0.387. The second-order valence-corrected chi connectivity index (χ2v) is 6.01. The Kier molecular flexibility index (Phi) is 5.08. The van der Waals surface area contributed by atoms with Crippen LogP contribution in [-0.2, 0) is 0 Å². The van der Waals surface area contributed by atoms with E-state index in [0.717, 1.165) is 11.4 Å². The van der Waals surface area contributed by atoms with Gasteiger partial charge in [0, 0.05) is 28.8 Å². The molecule has 26 heavy (non-hydrogen) atoms. The summed E-state index contributed by atoms with van der Waals surface area (Å²) in [5.41, 5.74) is 4.27. The fourth-order valence-electron chi connectivity index (χ4n) is 2.45. The third-order valence-corrected chi connectivity index (χ3v) is 3.86. The van der Waals surface area contributed by atoms with Crippen LogP contribution in [0.5, 0.6) is 0 Å². The van der Waals surface area contributed by atoms with E-state index in [1.165, 1.54) is 12.5 Å². The molecule has 0 atom stereocenters. The van der Waals surface area contributed by atoms with Crippen LogP contribution in [-0.4, -0.2) is 16.7 Å². The van der Waals surface area contributed by atoms with E-state index in [9.17, 15) is 9.59 Å². The Morgan fingerprint density at radius 3 is 2.38 bits per heavy atom. The number of Topliss-reactive ketones (excluding diaryl/α,β-unsaturated/α-hetero) is 1. The van der Waals surface area contributed by atoms with Crippen molar-refractivity contribution in [3.8, 4) is 0 Å². The zero-order valence-corrected chi connectivity index (χ0v) is 14.6. The van der Waals surface area contributed by atoms with E-state index in [1.54, 1.807) is 42.6 Å². The van der Waals surface area contributed by atoms with Crippen LogP contribution in [0.2, 0.25) is 0 Å². The van der Waals surface area contributed by atoms with E-state index in [0.29, 0.717) is 11.3 Å². The minimum absolute atomic E-state index is 0.0523. The highest BCUT2D eigenvalue weighted by atomic mass is 16.2. The van der Waals surface area contributed by atoms with Crippen LogP contribution in [0.25, 0.3) is 0 Å². The van der Waals surface area contributed by atoms with E-state index < -0.39 is 0 Å². The lowest BCUT2D eigenvalue weighted by Gasteiger charge is -2.09. The molecule has 0 radical (unpaired) electrons. The smallest absolute Gasteiger partial charge is 0.274 e. The first-order chi connectivity index (χ1) is 12.5. The number of nitrogens with one attached hydrogen (secondary N) is 2. The molecule has 0 unspecified atom stereocenters. The number of carbonyl (C=O) groups excluding carboxylic acids is 2. The lowest BCUT2D eigenvalue weighted by atomic mass is 10.1. The van der Waals surface area contributed by atoms with E-state index in [4.69, 9.17) is 0 Å². The summed E-state index contributed by atoms with van der Waals surface area (Å²) in [6.45, 7) is 3.52. The first-order valence-electron chi connectivity index (χ1n) is 8.23. The van der Waals surface area contributed by atoms with Gasteiger partial charge < -0.3 is 10.6 Å². The van der Waals surface area contributed by atoms with Crippen LogP contribution < -0.4 is 10.6 Å². The van der Waals surface area contributed by atoms with Gasteiger partial charge in [0.05, 0.1) is 0 Å². The average molecular weight is 345 g/mol. The Labute approximate surface area is 152 Å². The second-order valence-electron chi connectivity index (χ2n) is 6.01. The van der Waals surface area contributed by atoms with Crippen molar-refractivity contribution in [2.45, 2.75) is 13.8 Å². The third kappa shape index (κ3) is 4.33. The quantitative estimate of drug-likeness (QED) is 0.664. The van der Waals surface area contributed by atoms with Crippen molar-refractivity contribution in [3.05, 3.63) is 83.7 Å². The molecule has 0 aliphatic heterocycles. The summed E-state index contributed by atoms with van der Waals surface area (Å²) >= 11 is 0. The molecule has 0 fully saturated rings. The van der Waals surface area contributed by atoms with Gasteiger partial charge in [0.15, 0.2) is 5.78 Å². The number of hydrogen-bond acceptors (Lipinski definition) is 4. The number of amides is 1. The van der Waals surface area contributed by atoms with Crippen molar-refractivity contribution >= 4 is 28.8 Å². The fourth-order valence-corrected chi connectivity index (χ4v) is 2.45. The van der Waals surface area contributed by atoms with Crippen LogP contribution in [0.1, 0.15) is 33.3 Å².